The monoisotopic (exact) mass is 276 g/mol. The molecular weight excluding hydrogens is 256 g/mol. The van der Waals surface area contributed by atoms with E-state index in [-0.39, 0.29) is 12.2 Å². The van der Waals surface area contributed by atoms with Gasteiger partial charge in [-0.05, 0) is 5.56 Å². The van der Waals surface area contributed by atoms with Gasteiger partial charge in [0.15, 0.2) is 0 Å². The van der Waals surface area contributed by atoms with E-state index in [9.17, 15) is 0 Å². The van der Waals surface area contributed by atoms with E-state index in [0.29, 0.717) is 25.9 Å². The summed E-state index contributed by atoms with van der Waals surface area (Å²) in [5.41, 5.74) is 1.16. The summed E-state index contributed by atoms with van der Waals surface area (Å²) in [6.07, 6.45) is 4.63. The molecule has 0 N–H and O–H groups in total. The van der Waals surface area contributed by atoms with Gasteiger partial charge in [0.1, 0.15) is 12.2 Å². The average molecular weight is 276 g/mol. The van der Waals surface area contributed by atoms with Crippen LogP contribution in [0.4, 0.5) is 0 Å². The van der Waals surface area contributed by atoms with Crippen LogP contribution >= 0.6 is 0 Å². The van der Waals surface area contributed by atoms with Gasteiger partial charge < -0.3 is 18.9 Å². The number of ether oxygens (including phenoxy) is 4. The third-order valence-electron chi connectivity index (χ3n) is 3.19. The summed E-state index contributed by atoms with van der Waals surface area (Å²) in [5.74, 6) is 0. The molecule has 0 aliphatic carbocycles. The van der Waals surface area contributed by atoms with E-state index in [2.05, 4.69) is 18.2 Å². The summed E-state index contributed by atoms with van der Waals surface area (Å²) in [6, 6.07) is 10.2. The van der Waals surface area contributed by atoms with Crippen LogP contribution in [0.15, 0.2) is 36.4 Å². The zero-order valence-corrected chi connectivity index (χ0v) is 11.4. The van der Waals surface area contributed by atoms with Gasteiger partial charge in [-0.3, -0.25) is 0 Å². The van der Waals surface area contributed by atoms with Crippen molar-refractivity contribution in [2.24, 2.45) is 0 Å². The van der Waals surface area contributed by atoms with Crippen LogP contribution in [-0.4, -0.2) is 51.3 Å². The van der Waals surface area contributed by atoms with Gasteiger partial charge in [0.25, 0.3) is 0 Å². The molecule has 2 saturated heterocycles. The first-order valence-corrected chi connectivity index (χ1v) is 7.06. The van der Waals surface area contributed by atoms with Crippen molar-refractivity contribution in [3.63, 3.8) is 0 Å². The van der Waals surface area contributed by atoms with Gasteiger partial charge in [-0.25, -0.2) is 0 Å². The maximum Gasteiger partial charge on any atom is 0.104 e. The molecule has 3 atom stereocenters. The average Bonchev–Trinajstić information content (AvgIpc) is 3.37. The molecule has 4 heteroatoms. The predicted octanol–water partition coefficient (Wildman–Crippen LogP) is 1.90. The minimum Gasteiger partial charge on any atom is -0.376 e. The molecule has 20 heavy (non-hydrogen) atoms. The Hall–Kier alpha value is -1.20. The van der Waals surface area contributed by atoms with Crippen LogP contribution in [0.2, 0.25) is 0 Å². The SMILES string of the molecule is C(=CC(COCC1CO1)OCC1CO1)c1ccccc1. The fourth-order valence-corrected chi connectivity index (χ4v) is 1.82. The van der Waals surface area contributed by atoms with Crippen LogP contribution in [-0.2, 0) is 18.9 Å². The van der Waals surface area contributed by atoms with E-state index in [1.54, 1.807) is 0 Å². The van der Waals surface area contributed by atoms with Crippen molar-refractivity contribution in [3.8, 4) is 0 Å². The van der Waals surface area contributed by atoms with Crippen molar-refractivity contribution >= 4 is 6.08 Å². The molecule has 2 aliphatic heterocycles. The Kier molecular flexibility index (Phi) is 4.82. The largest absolute Gasteiger partial charge is 0.376 e. The quantitative estimate of drug-likeness (QED) is 0.646. The molecule has 3 unspecified atom stereocenters. The zero-order chi connectivity index (χ0) is 13.6. The Morgan fingerprint density at radius 2 is 1.80 bits per heavy atom. The molecule has 2 fully saturated rings. The Morgan fingerprint density at radius 3 is 2.50 bits per heavy atom. The highest BCUT2D eigenvalue weighted by Crippen LogP contribution is 2.13. The molecule has 0 amide bonds. The van der Waals surface area contributed by atoms with Gasteiger partial charge >= 0.3 is 0 Å². The molecule has 108 valence electrons. The number of benzene rings is 1. The molecule has 0 bridgehead atoms. The van der Waals surface area contributed by atoms with Gasteiger partial charge in [0.2, 0.25) is 0 Å². The third-order valence-corrected chi connectivity index (χ3v) is 3.19. The van der Waals surface area contributed by atoms with Gasteiger partial charge in [-0.2, -0.15) is 0 Å². The molecule has 2 aliphatic rings. The van der Waals surface area contributed by atoms with E-state index in [4.69, 9.17) is 18.9 Å². The lowest BCUT2D eigenvalue weighted by molar-refractivity contribution is -0.000300. The highest BCUT2D eigenvalue weighted by molar-refractivity contribution is 5.49. The first-order chi connectivity index (χ1) is 9.90. The molecule has 1 aromatic carbocycles. The standard InChI is InChI=1S/C16H20O4/c1-2-4-13(5-3-1)6-7-14(18-11-16-12-20-16)8-17-9-15-10-19-15/h1-7,14-16H,8-12H2. The van der Waals surface area contributed by atoms with Crippen LogP contribution in [0.25, 0.3) is 6.08 Å². The van der Waals surface area contributed by atoms with Crippen LogP contribution in [0.3, 0.4) is 0 Å². The number of rotatable bonds is 9. The van der Waals surface area contributed by atoms with E-state index in [1.165, 1.54) is 0 Å². The van der Waals surface area contributed by atoms with Crippen LogP contribution in [0.1, 0.15) is 5.56 Å². The maximum atomic E-state index is 5.81. The smallest absolute Gasteiger partial charge is 0.104 e. The first-order valence-electron chi connectivity index (χ1n) is 7.06. The molecule has 0 saturated carbocycles. The first kappa shape index (κ1) is 13.8. The summed E-state index contributed by atoms with van der Waals surface area (Å²) in [6.45, 7) is 3.47. The zero-order valence-electron chi connectivity index (χ0n) is 11.4. The third kappa shape index (κ3) is 5.06. The molecule has 0 spiro atoms. The maximum absolute atomic E-state index is 5.81. The second-order valence-electron chi connectivity index (χ2n) is 5.09. The van der Waals surface area contributed by atoms with Crippen molar-refractivity contribution in [2.75, 3.05) is 33.0 Å². The summed E-state index contributed by atoms with van der Waals surface area (Å²) >= 11 is 0. The highest BCUT2D eigenvalue weighted by Gasteiger charge is 2.25. The van der Waals surface area contributed by atoms with E-state index < -0.39 is 0 Å². The van der Waals surface area contributed by atoms with Crippen molar-refractivity contribution in [1.82, 2.24) is 0 Å². The molecule has 2 heterocycles. The van der Waals surface area contributed by atoms with Gasteiger partial charge in [-0.15, -0.1) is 0 Å². The van der Waals surface area contributed by atoms with Crippen LogP contribution < -0.4 is 0 Å². The predicted molar refractivity (Wildman–Crippen MR) is 75.5 cm³/mol. The normalized spacial score (nSPS) is 25.8. The topological polar surface area (TPSA) is 43.5 Å². The van der Waals surface area contributed by atoms with Crippen LogP contribution in [0.5, 0.6) is 0 Å². The molecular formula is C16H20O4. The summed E-state index contributed by atoms with van der Waals surface area (Å²) < 4.78 is 21.7. The lowest BCUT2D eigenvalue weighted by atomic mass is 10.2. The lowest BCUT2D eigenvalue weighted by Gasteiger charge is -2.13. The molecule has 1 aromatic rings. The fraction of sp³-hybridized carbons (Fsp3) is 0.500. The second kappa shape index (κ2) is 6.99. The number of hydrogen-bond acceptors (Lipinski definition) is 4. The minimum atomic E-state index is -0.0434. The summed E-state index contributed by atoms with van der Waals surface area (Å²) in [4.78, 5) is 0. The van der Waals surface area contributed by atoms with E-state index >= 15 is 0 Å². The Balaban J connectivity index is 1.47. The van der Waals surface area contributed by atoms with Gasteiger partial charge in [0.05, 0.1) is 39.1 Å². The Bertz CT molecular complexity index is 423. The van der Waals surface area contributed by atoms with Gasteiger partial charge in [0, 0.05) is 0 Å². The summed E-state index contributed by atoms with van der Waals surface area (Å²) in [5, 5.41) is 0. The Labute approximate surface area is 119 Å². The minimum absolute atomic E-state index is 0.0434. The fourth-order valence-electron chi connectivity index (χ4n) is 1.82. The van der Waals surface area contributed by atoms with Crippen molar-refractivity contribution in [1.29, 1.82) is 0 Å². The van der Waals surface area contributed by atoms with Crippen molar-refractivity contribution in [3.05, 3.63) is 42.0 Å². The van der Waals surface area contributed by atoms with E-state index in [0.717, 1.165) is 18.8 Å². The molecule has 4 nitrogen and oxygen atoms in total. The molecule has 0 aromatic heterocycles. The summed E-state index contributed by atoms with van der Waals surface area (Å²) in [7, 11) is 0. The highest BCUT2D eigenvalue weighted by atomic mass is 16.6. The van der Waals surface area contributed by atoms with Crippen molar-refractivity contribution in [2.45, 2.75) is 18.3 Å². The number of epoxide rings is 2. The molecule has 3 rings (SSSR count). The number of hydrogen-bond donors (Lipinski definition) is 0. The van der Waals surface area contributed by atoms with E-state index in [1.807, 2.05) is 24.3 Å². The second-order valence-corrected chi connectivity index (χ2v) is 5.09. The molecule has 0 radical (unpaired) electrons. The Morgan fingerprint density at radius 1 is 1.10 bits per heavy atom. The van der Waals surface area contributed by atoms with Crippen LogP contribution in [0, 0.1) is 0 Å². The van der Waals surface area contributed by atoms with Crippen molar-refractivity contribution < 1.29 is 18.9 Å². The lowest BCUT2D eigenvalue weighted by Crippen LogP contribution is -2.21. The van der Waals surface area contributed by atoms with Gasteiger partial charge in [-0.1, -0.05) is 42.5 Å².